The summed E-state index contributed by atoms with van der Waals surface area (Å²) in [7, 11) is 0. The van der Waals surface area contributed by atoms with Gasteiger partial charge in [-0.25, -0.2) is 0 Å². The van der Waals surface area contributed by atoms with Crippen LogP contribution in [0.1, 0.15) is 69.4 Å². The Morgan fingerprint density at radius 1 is 1.13 bits per heavy atom. The van der Waals surface area contributed by atoms with Gasteiger partial charge in [0.25, 0.3) is 0 Å². The van der Waals surface area contributed by atoms with E-state index >= 15 is 0 Å². The summed E-state index contributed by atoms with van der Waals surface area (Å²) in [5, 5.41) is -0.0830. The van der Waals surface area contributed by atoms with Gasteiger partial charge in [0, 0.05) is 5.41 Å². The summed E-state index contributed by atoms with van der Waals surface area (Å²) >= 11 is 4.07. The summed E-state index contributed by atoms with van der Waals surface area (Å²) in [5.41, 5.74) is 2.49. The summed E-state index contributed by atoms with van der Waals surface area (Å²) in [4.78, 5) is 11.8. The fourth-order valence-electron chi connectivity index (χ4n) is 5.28. The Kier molecular flexibility index (Phi) is 8.39. The van der Waals surface area contributed by atoms with E-state index in [4.69, 9.17) is 0 Å². The first kappa shape index (κ1) is 22.9. The highest BCUT2D eigenvalue weighted by molar-refractivity contribution is 7.96. The molecular formula is C28H36OS. The predicted octanol–water partition coefficient (Wildman–Crippen LogP) is 7.71. The number of unbranched alkanes of at least 4 members (excludes halogenated alkanes) is 1. The molecule has 1 saturated carbocycles. The van der Waals surface area contributed by atoms with Gasteiger partial charge in [0.2, 0.25) is 0 Å². The Balaban J connectivity index is 1.95. The molecule has 0 bridgehead atoms. The molecule has 1 fully saturated rings. The smallest absolute Gasteiger partial charge is 0.196 e. The summed E-state index contributed by atoms with van der Waals surface area (Å²) in [6.07, 6.45) is 25.0. The molecule has 2 aliphatic carbocycles. The van der Waals surface area contributed by atoms with E-state index in [1.165, 1.54) is 49.7 Å². The van der Waals surface area contributed by atoms with Gasteiger partial charge in [-0.1, -0.05) is 99.4 Å². The third-order valence-corrected chi connectivity index (χ3v) is 7.22. The highest BCUT2D eigenvalue weighted by Crippen LogP contribution is 2.48. The van der Waals surface area contributed by atoms with Crippen LogP contribution in [0.3, 0.4) is 0 Å². The maximum Gasteiger partial charge on any atom is 0.196 e. The lowest BCUT2D eigenvalue weighted by Crippen LogP contribution is -2.36. The van der Waals surface area contributed by atoms with Crippen molar-refractivity contribution in [2.45, 2.75) is 63.7 Å². The summed E-state index contributed by atoms with van der Waals surface area (Å²) < 4.78 is 0. The minimum absolute atomic E-state index is 0.0830. The Morgan fingerprint density at radius 2 is 1.83 bits per heavy atom. The first-order valence-electron chi connectivity index (χ1n) is 11.6. The van der Waals surface area contributed by atoms with Crippen LogP contribution in [0, 0.1) is 17.8 Å². The van der Waals surface area contributed by atoms with Crippen molar-refractivity contribution >= 4 is 23.8 Å². The lowest BCUT2D eigenvalue weighted by Gasteiger charge is -2.43. The van der Waals surface area contributed by atoms with E-state index in [1.807, 2.05) is 6.08 Å². The van der Waals surface area contributed by atoms with Crippen LogP contribution in [0.5, 0.6) is 0 Å². The zero-order valence-electron chi connectivity index (χ0n) is 18.3. The Hall–Kier alpha value is -1.80. The minimum Gasteiger partial charge on any atom is -0.286 e. The molecule has 0 unspecified atom stereocenters. The fourth-order valence-corrected chi connectivity index (χ4v) is 5.45. The molecule has 0 aromatic heterocycles. The van der Waals surface area contributed by atoms with Crippen molar-refractivity contribution in [3.63, 3.8) is 0 Å². The molecular weight excluding hydrogens is 384 g/mol. The van der Waals surface area contributed by atoms with Crippen molar-refractivity contribution in [2.24, 2.45) is 17.8 Å². The largest absolute Gasteiger partial charge is 0.286 e. The van der Waals surface area contributed by atoms with Crippen LogP contribution < -0.4 is 0 Å². The standard InChI is InChI=1S/C28H36OS/c1-3-5-6-7-11-23-12-8-9-13-26(23)28(20-18-24(19-21-28)27(29)30)25-16-14-22(10-4-2)15-17-25/h3,7-9,11-13,18-22,24-25H,1,4-6,10,14-17H2,2H3,(H,29,30)/b11-7+. The number of thiol groups is 1. The third kappa shape index (κ3) is 5.27. The molecule has 0 aliphatic heterocycles. The molecule has 160 valence electrons. The number of hydrogen-bond donors (Lipinski definition) is 1. The summed E-state index contributed by atoms with van der Waals surface area (Å²) in [6, 6.07) is 8.78. The second-order valence-corrected chi connectivity index (χ2v) is 9.32. The quantitative estimate of drug-likeness (QED) is 0.246. The molecule has 0 radical (unpaired) electrons. The van der Waals surface area contributed by atoms with Crippen LogP contribution in [0.4, 0.5) is 0 Å². The van der Waals surface area contributed by atoms with E-state index in [2.05, 4.69) is 86.9 Å². The van der Waals surface area contributed by atoms with Gasteiger partial charge >= 0.3 is 0 Å². The zero-order chi connectivity index (χ0) is 21.4. The maximum absolute atomic E-state index is 11.8. The second-order valence-electron chi connectivity index (χ2n) is 8.88. The van der Waals surface area contributed by atoms with Gasteiger partial charge in [-0.15, -0.1) is 19.2 Å². The van der Waals surface area contributed by atoms with E-state index in [9.17, 15) is 4.79 Å². The normalized spacial score (nSPS) is 28.7. The lowest BCUT2D eigenvalue weighted by atomic mass is 9.60. The maximum atomic E-state index is 11.8. The number of carbonyl (C=O) groups excluding carboxylic acids is 1. The minimum atomic E-state index is -0.215. The third-order valence-electron chi connectivity index (χ3n) is 6.93. The van der Waals surface area contributed by atoms with E-state index in [1.54, 1.807) is 0 Å². The van der Waals surface area contributed by atoms with Crippen LogP contribution >= 0.6 is 12.6 Å². The van der Waals surface area contributed by atoms with Crippen molar-refractivity contribution in [1.82, 2.24) is 0 Å². The van der Waals surface area contributed by atoms with Crippen molar-refractivity contribution in [1.29, 1.82) is 0 Å². The molecule has 0 heterocycles. The molecule has 2 aliphatic rings. The monoisotopic (exact) mass is 420 g/mol. The first-order chi connectivity index (χ1) is 14.6. The SMILES string of the molecule is C=CCC/C=C/c1ccccc1C1(C2CCC(CCC)CC2)C=CC(C(=O)S)C=C1. The van der Waals surface area contributed by atoms with Gasteiger partial charge < -0.3 is 0 Å². The van der Waals surface area contributed by atoms with Crippen LogP contribution in [0.2, 0.25) is 0 Å². The van der Waals surface area contributed by atoms with Gasteiger partial charge in [-0.05, 0) is 48.6 Å². The summed E-state index contributed by atoms with van der Waals surface area (Å²) in [6.45, 7) is 6.12. The van der Waals surface area contributed by atoms with Crippen molar-refractivity contribution < 1.29 is 4.79 Å². The topological polar surface area (TPSA) is 17.1 Å². The van der Waals surface area contributed by atoms with Crippen LogP contribution in [-0.2, 0) is 10.2 Å². The lowest BCUT2D eigenvalue weighted by molar-refractivity contribution is -0.112. The number of benzene rings is 1. The molecule has 0 N–H and O–H groups in total. The van der Waals surface area contributed by atoms with Crippen LogP contribution in [0.25, 0.3) is 6.08 Å². The molecule has 1 aromatic rings. The van der Waals surface area contributed by atoms with Crippen molar-refractivity contribution in [3.8, 4) is 0 Å². The second kappa shape index (κ2) is 11.0. The fraction of sp³-hybridized carbons (Fsp3) is 0.464. The first-order valence-corrected chi connectivity index (χ1v) is 12.0. The number of carbonyl (C=O) groups is 1. The summed E-state index contributed by atoms with van der Waals surface area (Å²) in [5.74, 6) is 1.23. The average molecular weight is 421 g/mol. The van der Waals surface area contributed by atoms with Crippen molar-refractivity contribution in [2.75, 3.05) is 0 Å². The van der Waals surface area contributed by atoms with Crippen LogP contribution in [-0.4, -0.2) is 5.12 Å². The molecule has 0 amide bonds. The molecule has 0 spiro atoms. The van der Waals surface area contributed by atoms with E-state index in [0.29, 0.717) is 5.92 Å². The van der Waals surface area contributed by atoms with Gasteiger partial charge in [0.15, 0.2) is 5.12 Å². The number of rotatable bonds is 9. The average Bonchev–Trinajstić information content (AvgIpc) is 2.78. The van der Waals surface area contributed by atoms with E-state index in [-0.39, 0.29) is 16.4 Å². The predicted molar refractivity (Wildman–Crippen MR) is 133 cm³/mol. The Labute approximate surface area is 188 Å². The number of allylic oxidation sites excluding steroid dienone is 6. The molecule has 3 rings (SSSR count). The van der Waals surface area contributed by atoms with Gasteiger partial charge in [-0.3, -0.25) is 4.79 Å². The molecule has 1 nitrogen and oxygen atoms in total. The molecule has 0 atom stereocenters. The van der Waals surface area contributed by atoms with Crippen LogP contribution in [0.15, 0.2) is 67.3 Å². The highest BCUT2D eigenvalue weighted by atomic mass is 32.1. The zero-order valence-corrected chi connectivity index (χ0v) is 19.2. The molecule has 30 heavy (non-hydrogen) atoms. The van der Waals surface area contributed by atoms with Gasteiger partial charge in [0.05, 0.1) is 5.92 Å². The van der Waals surface area contributed by atoms with E-state index in [0.717, 1.165) is 18.8 Å². The Morgan fingerprint density at radius 3 is 2.47 bits per heavy atom. The Bertz CT molecular complexity index is 794. The molecule has 0 saturated heterocycles. The molecule has 1 aromatic carbocycles. The van der Waals surface area contributed by atoms with Crippen molar-refractivity contribution in [3.05, 3.63) is 78.4 Å². The van der Waals surface area contributed by atoms with Gasteiger partial charge in [-0.2, -0.15) is 0 Å². The highest BCUT2D eigenvalue weighted by Gasteiger charge is 2.40. The van der Waals surface area contributed by atoms with Gasteiger partial charge in [0.1, 0.15) is 0 Å². The number of hydrogen-bond acceptors (Lipinski definition) is 1. The molecule has 2 heteroatoms. The van der Waals surface area contributed by atoms with E-state index < -0.39 is 0 Å².